The average molecular weight is 437 g/mol. The number of hydrogen-bond acceptors (Lipinski definition) is 3. The Hall–Kier alpha value is -2.38. The number of halogens is 2. The summed E-state index contributed by atoms with van der Waals surface area (Å²) in [5, 5.41) is 0.574. The zero-order chi connectivity index (χ0) is 18.7. The highest BCUT2D eigenvalue weighted by molar-refractivity contribution is 9.10. The first-order valence-corrected chi connectivity index (χ1v) is 9.03. The quantitative estimate of drug-likeness (QED) is 0.726. The molecule has 1 atom stereocenters. The Morgan fingerprint density at radius 1 is 1.08 bits per heavy atom. The van der Waals surface area contributed by atoms with Crippen LogP contribution in [0.4, 0.5) is 5.69 Å². The van der Waals surface area contributed by atoms with Crippen molar-refractivity contribution < 1.29 is 14.4 Å². The van der Waals surface area contributed by atoms with Crippen molar-refractivity contribution in [2.45, 2.75) is 6.42 Å². The van der Waals surface area contributed by atoms with Gasteiger partial charge in [-0.2, -0.15) is 0 Å². The minimum Gasteiger partial charge on any atom is -0.312 e. The van der Waals surface area contributed by atoms with Crippen molar-refractivity contribution in [3.63, 3.8) is 0 Å². The lowest BCUT2D eigenvalue weighted by atomic mass is 10.1. The van der Waals surface area contributed by atoms with Crippen LogP contribution in [0.1, 0.15) is 16.8 Å². The second-order valence-corrected chi connectivity index (χ2v) is 7.10. The number of carbonyl (C=O) groups is 3. The fourth-order valence-corrected chi connectivity index (χ4v) is 3.28. The van der Waals surface area contributed by atoms with Gasteiger partial charge in [0.2, 0.25) is 11.8 Å². The van der Waals surface area contributed by atoms with Gasteiger partial charge in [0.15, 0.2) is 0 Å². The molecule has 0 aliphatic carbocycles. The van der Waals surface area contributed by atoms with Crippen molar-refractivity contribution in [1.82, 2.24) is 10.9 Å². The Morgan fingerprint density at radius 3 is 2.46 bits per heavy atom. The zero-order valence-electron chi connectivity index (χ0n) is 13.5. The summed E-state index contributed by atoms with van der Waals surface area (Å²) in [5.41, 5.74) is 5.86. The van der Waals surface area contributed by atoms with Gasteiger partial charge in [-0.15, -0.1) is 0 Å². The molecule has 0 aromatic heterocycles. The van der Waals surface area contributed by atoms with Crippen molar-refractivity contribution in [2.75, 3.05) is 11.4 Å². The van der Waals surface area contributed by atoms with E-state index >= 15 is 0 Å². The van der Waals surface area contributed by atoms with Crippen LogP contribution < -0.4 is 15.8 Å². The maximum absolute atomic E-state index is 12.3. The molecule has 1 aliphatic rings. The molecule has 0 radical (unpaired) electrons. The molecule has 3 amide bonds. The molecule has 0 spiro atoms. The van der Waals surface area contributed by atoms with Gasteiger partial charge in [0.25, 0.3) is 5.91 Å². The van der Waals surface area contributed by atoms with E-state index in [9.17, 15) is 14.4 Å². The van der Waals surface area contributed by atoms with Gasteiger partial charge in [0.1, 0.15) is 0 Å². The van der Waals surface area contributed by atoms with Crippen LogP contribution >= 0.6 is 27.5 Å². The number of anilines is 1. The lowest BCUT2D eigenvalue weighted by Crippen LogP contribution is -2.45. The van der Waals surface area contributed by atoms with E-state index in [1.54, 1.807) is 48.5 Å². The van der Waals surface area contributed by atoms with Gasteiger partial charge in [0, 0.05) is 28.1 Å². The van der Waals surface area contributed by atoms with Gasteiger partial charge >= 0.3 is 0 Å². The summed E-state index contributed by atoms with van der Waals surface area (Å²) in [6.45, 7) is 0.247. The summed E-state index contributed by atoms with van der Waals surface area (Å²) in [6, 6.07) is 13.7. The Bertz CT molecular complexity index is 857. The molecule has 1 saturated heterocycles. The van der Waals surface area contributed by atoms with Crippen LogP contribution in [0.3, 0.4) is 0 Å². The predicted octanol–water partition coefficient (Wildman–Crippen LogP) is 2.92. The first-order chi connectivity index (χ1) is 12.5. The van der Waals surface area contributed by atoms with E-state index in [1.165, 1.54) is 4.90 Å². The number of benzene rings is 2. The normalized spacial score (nSPS) is 16.5. The molecule has 6 nitrogen and oxygen atoms in total. The first kappa shape index (κ1) is 18.4. The van der Waals surface area contributed by atoms with Crippen LogP contribution in [0.25, 0.3) is 0 Å². The molecule has 2 N–H and O–H groups in total. The number of hydrogen-bond donors (Lipinski definition) is 2. The van der Waals surface area contributed by atoms with E-state index in [1.807, 2.05) is 0 Å². The van der Waals surface area contributed by atoms with Gasteiger partial charge < -0.3 is 4.90 Å². The molecule has 8 heteroatoms. The first-order valence-electron chi connectivity index (χ1n) is 7.86. The van der Waals surface area contributed by atoms with Crippen LogP contribution in [-0.4, -0.2) is 24.3 Å². The molecule has 134 valence electrons. The molecule has 3 rings (SSSR count). The maximum atomic E-state index is 12.3. The molecule has 2 aromatic rings. The molecule has 0 saturated carbocycles. The summed E-state index contributed by atoms with van der Waals surface area (Å²) < 4.78 is 0.622. The standard InChI is InChI=1S/C18H15BrClN3O3/c19-15-4-2-1-3-14(15)18(26)22-21-17(25)11-9-16(24)23(10-11)13-7-5-12(20)6-8-13/h1-8,11H,9-10H2,(H,21,25)(H,22,26)/t11-/m1/s1. The third kappa shape index (κ3) is 4.05. The second kappa shape index (κ2) is 7.88. The van der Waals surface area contributed by atoms with E-state index < -0.39 is 17.7 Å². The number of nitrogens with zero attached hydrogens (tertiary/aromatic N) is 1. The summed E-state index contributed by atoms with van der Waals surface area (Å²) >= 11 is 9.14. The SMILES string of the molecule is O=C(NNC(=O)[C@@H]1CC(=O)N(c2ccc(Cl)cc2)C1)c1ccccc1Br. The smallest absolute Gasteiger partial charge is 0.270 e. The molecule has 1 heterocycles. The van der Waals surface area contributed by atoms with Crippen LogP contribution in [0.2, 0.25) is 5.02 Å². The monoisotopic (exact) mass is 435 g/mol. The summed E-state index contributed by atoms with van der Waals surface area (Å²) in [5.74, 6) is -1.54. The average Bonchev–Trinajstić information content (AvgIpc) is 3.02. The Kier molecular flexibility index (Phi) is 5.58. The van der Waals surface area contributed by atoms with Gasteiger partial charge in [0.05, 0.1) is 11.5 Å². The number of hydrazine groups is 1. The Labute approximate surface area is 163 Å². The van der Waals surface area contributed by atoms with E-state index in [2.05, 4.69) is 26.8 Å². The fourth-order valence-electron chi connectivity index (χ4n) is 2.69. The minimum absolute atomic E-state index is 0.0827. The van der Waals surface area contributed by atoms with Crippen molar-refractivity contribution in [3.05, 3.63) is 63.6 Å². The highest BCUT2D eigenvalue weighted by Crippen LogP contribution is 2.26. The molecule has 0 bridgehead atoms. The van der Waals surface area contributed by atoms with E-state index in [-0.39, 0.29) is 18.9 Å². The molecule has 1 fully saturated rings. The van der Waals surface area contributed by atoms with Gasteiger partial charge in [-0.1, -0.05) is 23.7 Å². The molecular formula is C18H15BrClN3O3. The fraction of sp³-hybridized carbons (Fsp3) is 0.167. The molecule has 0 unspecified atom stereocenters. The Balaban J connectivity index is 1.59. The number of amides is 3. The zero-order valence-corrected chi connectivity index (χ0v) is 15.9. The molecular weight excluding hydrogens is 422 g/mol. The van der Waals surface area contributed by atoms with E-state index in [0.717, 1.165) is 0 Å². The van der Waals surface area contributed by atoms with Crippen molar-refractivity contribution in [2.24, 2.45) is 5.92 Å². The minimum atomic E-state index is -0.544. The summed E-state index contributed by atoms with van der Waals surface area (Å²) in [6.07, 6.45) is 0.0827. The molecule has 2 aromatic carbocycles. The lowest BCUT2D eigenvalue weighted by Gasteiger charge is -2.17. The maximum Gasteiger partial charge on any atom is 0.270 e. The number of carbonyl (C=O) groups excluding carboxylic acids is 3. The van der Waals surface area contributed by atoms with Crippen LogP contribution in [0.5, 0.6) is 0 Å². The topological polar surface area (TPSA) is 78.5 Å². The summed E-state index contributed by atoms with van der Waals surface area (Å²) in [7, 11) is 0. The van der Waals surface area contributed by atoms with E-state index in [0.29, 0.717) is 20.7 Å². The molecule has 26 heavy (non-hydrogen) atoms. The Morgan fingerprint density at radius 2 is 1.77 bits per heavy atom. The van der Waals surface area contributed by atoms with Gasteiger partial charge in [-0.3, -0.25) is 25.2 Å². The second-order valence-electron chi connectivity index (χ2n) is 5.81. The van der Waals surface area contributed by atoms with Gasteiger partial charge in [-0.25, -0.2) is 0 Å². The van der Waals surface area contributed by atoms with Crippen molar-refractivity contribution in [1.29, 1.82) is 0 Å². The largest absolute Gasteiger partial charge is 0.312 e. The number of nitrogens with one attached hydrogen (secondary N) is 2. The third-order valence-electron chi connectivity index (χ3n) is 4.05. The van der Waals surface area contributed by atoms with Crippen molar-refractivity contribution in [3.8, 4) is 0 Å². The highest BCUT2D eigenvalue weighted by Gasteiger charge is 2.35. The highest BCUT2D eigenvalue weighted by atomic mass is 79.9. The van der Waals surface area contributed by atoms with Crippen molar-refractivity contribution >= 4 is 50.9 Å². The van der Waals surface area contributed by atoms with Crippen LogP contribution in [0, 0.1) is 5.92 Å². The lowest BCUT2D eigenvalue weighted by molar-refractivity contribution is -0.126. The molecule has 1 aliphatic heterocycles. The number of rotatable bonds is 3. The van der Waals surface area contributed by atoms with Gasteiger partial charge in [-0.05, 0) is 52.3 Å². The van der Waals surface area contributed by atoms with E-state index in [4.69, 9.17) is 11.6 Å². The van der Waals surface area contributed by atoms with Crippen LogP contribution in [-0.2, 0) is 9.59 Å². The predicted molar refractivity (Wildman–Crippen MR) is 102 cm³/mol. The summed E-state index contributed by atoms with van der Waals surface area (Å²) in [4.78, 5) is 38.2. The van der Waals surface area contributed by atoms with Crippen LogP contribution in [0.15, 0.2) is 53.0 Å². The third-order valence-corrected chi connectivity index (χ3v) is 5.00.